The van der Waals surface area contributed by atoms with E-state index >= 15 is 0 Å². The largest absolute Gasteiger partial charge is 0.506 e. The predicted molar refractivity (Wildman–Crippen MR) is 158 cm³/mol. The van der Waals surface area contributed by atoms with Crippen molar-refractivity contribution >= 4 is 58.8 Å². The van der Waals surface area contributed by atoms with Gasteiger partial charge in [0, 0.05) is 63.2 Å². The lowest BCUT2D eigenvalue weighted by Gasteiger charge is -2.29. The molecule has 0 amide bonds. The molecule has 0 heterocycles. The number of hydrogen-bond acceptors (Lipinski definition) is 13. The Morgan fingerprint density at radius 3 is 1.08 bits per heavy atom. The summed E-state index contributed by atoms with van der Waals surface area (Å²) in [6.45, 7) is 15.7. The van der Waals surface area contributed by atoms with Crippen LogP contribution in [-0.2, 0) is 40.8 Å². The smallest absolute Gasteiger partial charge is 0.374 e. The Bertz CT molecular complexity index is 434. The first-order valence-electron chi connectivity index (χ1n) is 12.7. The second-order valence-corrected chi connectivity index (χ2v) is 18.6. The lowest BCUT2D eigenvalue weighted by Crippen LogP contribution is -2.47. The van der Waals surface area contributed by atoms with Crippen LogP contribution in [0.25, 0.3) is 0 Å². The van der Waals surface area contributed by atoms with E-state index in [0.29, 0.717) is 45.7 Å². The van der Waals surface area contributed by atoms with Crippen LogP contribution in [0.1, 0.15) is 54.4 Å². The Kier molecular flexibility index (Phi) is 27.8. The molecule has 0 N–H and O–H groups in total. The van der Waals surface area contributed by atoms with Gasteiger partial charge in [0.25, 0.3) is 0 Å². The molecule has 0 aliphatic carbocycles. The molecule has 0 rings (SSSR count). The summed E-state index contributed by atoms with van der Waals surface area (Å²) < 4.78 is 51.9. The zero-order valence-corrected chi connectivity index (χ0v) is 28.2. The van der Waals surface area contributed by atoms with Crippen LogP contribution in [-0.4, -0.2) is 89.1 Å². The second kappa shape index (κ2) is 26.7. The van der Waals surface area contributed by atoms with Crippen LogP contribution >= 0.6 is 41.2 Å². The van der Waals surface area contributed by atoms with Crippen LogP contribution in [0, 0.1) is 0 Å². The maximum atomic E-state index is 5.97. The second-order valence-electron chi connectivity index (χ2n) is 6.92. The van der Waals surface area contributed by atoms with Gasteiger partial charge in [-0.25, -0.2) is 0 Å². The summed E-state index contributed by atoms with van der Waals surface area (Å²) in [6, 6.07) is 1.52. The molecule has 15 heteroatoms. The van der Waals surface area contributed by atoms with Crippen LogP contribution in [0.4, 0.5) is 0 Å². The van der Waals surface area contributed by atoms with Gasteiger partial charge < -0.3 is 40.8 Å². The van der Waals surface area contributed by atoms with Crippen LogP contribution in [0.5, 0.6) is 0 Å². The summed E-state index contributed by atoms with van der Waals surface area (Å²) in [5.41, 5.74) is 0. The first-order valence-corrected chi connectivity index (χ1v) is 21.7. The molecule has 0 aliphatic rings. The number of hydrogen-bond donors (Lipinski definition) is 0. The van der Waals surface area contributed by atoms with E-state index in [0.717, 1.165) is 30.4 Å². The Morgan fingerprint density at radius 2 is 0.778 bits per heavy atom. The Labute approximate surface area is 236 Å². The van der Waals surface area contributed by atoms with Crippen LogP contribution < -0.4 is 0 Å². The van der Waals surface area contributed by atoms with Crippen molar-refractivity contribution < 1.29 is 40.8 Å². The highest BCUT2D eigenvalue weighted by Crippen LogP contribution is 2.44. The van der Waals surface area contributed by atoms with E-state index < -0.39 is 17.6 Å². The first kappa shape index (κ1) is 37.5. The van der Waals surface area contributed by atoms with Crippen molar-refractivity contribution in [3.63, 3.8) is 0 Å². The third-order valence-corrected chi connectivity index (χ3v) is 16.8. The van der Waals surface area contributed by atoms with Gasteiger partial charge in [-0.15, -0.1) is 0 Å². The van der Waals surface area contributed by atoms with E-state index in [9.17, 15) is 0 Å². The molecule has 0 radical (unpaired) electrons. The van der Waals surface area contributed by atoms with Crippen molar-refractivity contribution in [3.05, 3.63) is 0 Å². The fourth-order valence-corrected chi connectivity index (χ4v) is 14.1. The zero-order chi connectivity index (χ0) is 26.8. The standard InChI is InChI=1S/C21H48O9S4Si2/c1-7-22-19-28-36(29-20-23-8-2,30-21-24-9-3)18-14-16-32-34-33-31-15-13-17-35(25-10-4,26-11-5)27-12-6/h7-21H2,1-6H3. The normalized spacial score (nSPS) is 12.5. The van der Waals surface area contributed by atoms with E-state index in [2.05, 4.69) is 0 Å². The van der Waals surface area contributed by atoms with E-state index in [1.54, 1.807) is 19.7 Å². The number of rotatable bonds is 29. The van der Waals surface area contributed by atoms with Gasteiger partial charge in [0.15, 0.2) is 0 Å². The first-order chi connectivity index (χ1) is 17.6. The minimum atomic E-state index is -2.97. The summed E-state index contributed by atoms with van der Waals surface area (Å²) in [5.74, 6) is 1.98. The molecule has 0 aliphatic heterocycles. The summed E-state index contributed by atoms with van der Waals surface area (Å²) >= 11 is 0. The molecule has 0 saturated carbocycles. The SMILES string of the molecule is CCOCO[Si](CCCSSSSCCC[Si](OCC)(OCC)OCC)(OCOCC)OCOCC. The van der Waals surface area contributed by atoms with Gasteiger partial charge in [-0.1, -0.05) is 21.6 Å². The predicted octanol–water partition coefficient (Wildman–Crippen LogP) is 6.46. The topological polar surface area (TPSA) is 83.1 Å². The summed E-state index contributed by atoms with van der Waals surface area (Å²) in [4.78, 5) is 0. The van der Waals surface area contributed by atoms with Gasteiger partial charge in [0.1, 0.15) is 20.4 Å². The average Bonchev–Trinajstić information content (AvgIpc) is 2.86. The Morgan fingerprint density at radius 1 is 0.444 bits per heavy atom. The molecule has 0 spiro atoms. The van der Waals surface area contributed by atoms with E-state index in [1.807, 2.05) is 63.1 Å². The maximum absolute atomic E-state index is 5.97. The van der Waals surface area contributed by atoms with Crippen molar-refractivity contribution in [2.75, 3.05) is 71.5 Å². The minimum Gasteiger partial charge on any atom is -0.374 e. The van der Waals surface area contributed by atoms with Crippen molar-refractivity contribution in [1.29, 1.82) is 0 Å². The fraction of sp³-hybridized carbons (Fsp3) is 1.00. The molecule has 0 saturated heterocycles. The lowest BCUT2D eigenvalue weighted by molar-refractivity contribution is -0.100. The highest BCUT2D eigenvalue weighted by atomic mass is 33.7. The maximum Gasteiger partial charge on any atom is 0.506 e. The molecule has 9 nitrogen and oxygen atoms in total. The summed E-state index contributed by atoms with van der Waals surface area (Å²) in [5, 5.41) is 0. The van der Waals surface area contributed by atoms with Crippen LogP contribution in [0.3, 0.4) is 0 Å². The minimum absolute atomic E-state index is 0.134. The van der Waals surface area contributed by atoms with E-state index in [4.69, 9.17) is 40.8 Å². The van der Waals surface area contributed by atoms with Crippen molar-refractivity contribution in [1.82, 2.24) is 0 Å². The zero-order valence-electron chi connectivity index (χ0n) is 22.9. The molecule has 0 aromatic rings. The quantitative estimate of drug-likeness (QED) is 0.0393. The molecular weight excluding hydrogens is 581 g/mol. The van der Waals surface area contributed by atoms with Gasteiger partial charge in [0.05, 0.1) is 0 Å². The van der Waals surface area contributed by atoms with Crippen molar-refractivity contribution in [2.24, 2.45) is 0 Å². The van der Waals surface area contributed by atoms with Crippen molar-refractivity contribution in [3.8, 4) is 0 Å². The molecule has 0 aromatic heterocycles. The molecule has 0 fully saturated rings. The van der Waals surface area contributed by atoms with E-state index in [-0.39, 0.29) is 20.4 Å². The van der Waals surface area contributed by atoms with Crippen LogP contribution in [0.2, 0.25) is 12.1 Å². The third-order valence-electron chi connectivity index (χ3n) is 4.34. The summed E-state index contributed by atoms with van der Waals surface area (Å²) in [7, 11) is 1.76. The van der Waals surface area contributed by atoms with Gasteiger partial charge >= 0.3 is 17.6 Å². The number of ether oxygens (including phenoxy) is 3. The molecule has 218 valence electrons. The molecule has 0 bridgehead atoms. The molecule has 0 unspecified atom stereocenters. The monoisotopic (exact) mass is 628 g/mol. The van der Waals surface area contributed by atoms with Gasteiger partial charge in [-0.3, -0.25) is 0 Å². The van der Waals surface area contributed by atoms with Gasteiger partial charge in [-0.2, -0.15) is 0 Å². The highest BCUT2D eigenvalue weighted by Gasteiger charge is 2.42. The van der Waals surface area contributed by atoms with Gasteiger partial charge in [0.2, 0.25) is 0 Å². The Hall–Kier alpha value is 1.47. The van der Waals surface area contributed by atoms with E-state index in [1.165, 1.54) is 0 Å². The van der Waals surface area contributed by atoms with Gasteiger partial charge in [-0.05, 0) is 74.0 Å². The average molecular weight is 629 g/mol. The fourth-order valence-electron chi connectivity index (χ4n) is 2.79. The molecule has 0 atom stereocenters. The lowest BCUT2D eigenvalue weighted by atomic mass is 10.6. The van der Waals surface area contributed by atoms with Crippen LogP contribution in [0.15, 0.2) is 0 Å². The Balaban J connectivity index is 4.33. The molecular formula is C21H48O9S4Si2. The molecule has 36 heavy (non-hydrogen) atoms. The van der Waals surface area contributed by atoms with Crippen molar-refractivity contribution in [2.45, 2.75) is 66.5 Å². The third kappa shape index (κ3) is 19.5. The molecule has 0 aromatic carbocycles. The highest BCUT2D eigenvalue weighted by molar-refractivity contribution is 9.26. The summed E-state index contributed by atoms with van der Waals surface area (Å²) in [6.07, 6.45) is 1.90.